The molecular formula is C19H24N2O2. The van der Waals surface area contributed by atoms with Gasteiger partial charge in [-0.25, -0.2) is 4.79 Å². The molecule has 122 valence electrons. The highest BCUT2D eigenvalue weighted by Gasteiger charge is 2.07. The molecule has 0 heterocycles. The van der Waals surface area contributed by atoms with Gasteiger partial charge < -0.3 is 15.3 Å². The van der Waals surface area contributed by atoms with Crippen molar-refractivity contribution < 1.29 is 9.90 Å². The van der Waals surface area contributed by atoms with Crippen LogP contribution < -0.4 is 5.32 Å². The number of hydrogen-bond donors (Lipinski definition) is 2. The number of benzene rings is 2. The standard InChI is InChI=1S/C19H24N2O2/c1-15(13-21(2)14-17-6-4-3-5-7-17)20-12-16-8-10-18(11-9-16)19(22)23/h3-11,15,20H,12-14H2,1-2H3,(H,22,23)/t15-/m1/s1. The molecule has 0 fully saturated rings. The van der Waals surface area contributed by atoms with E-state index >= 15 is 0 Å². The van der Waals surface area contributed by atoms with Gasteiger partial charge in [0.05, 0.1) is 5.56 Å². The minimum absolute atomic E-state index is 0.324. The first-order chi connectivity index (χ1) is 11.0. The fraction of sp³-hybridized carbons (Fsp3) is 0.316. The fourth-order valence-corrected chi connectivity index (χ4v) is 2.55. The minimum atomic E-state index is -0.889. The van der Waals surface area contributed by atoms with Crippen LogP contribution in [0.15, 0.2) is 54.6 Å². The molecule has 4 nitrogen and oxygen atoms in total. The van der Waals surface area contributed by atoms with Gasteiger partial charge in [-0.15, -0.1) is 0 Å². The summed E-state index contributed by atoms with van der Waals surface area (Å²) in [5, 5.41) is 12.4. The number of likely N-dealkylation sites (N-methyl/N-ethyl adjacent to an activating group) is 1. The Morgan fingerprint density at radius 3 is 2.35 bits per heavy atom. The third-order valence-corrected chi connectivity index (χ3v) is 3.74. The van der Waals surface area contributed by atoms with Crippen LogP contribution >= 0.6 is 0 Å². The number of nitrogens with one attached hydrogen (secondary N) is 1. The first-order valence-corrected chi connectivity index (χ1v) is 7.82. The number of nitrogens with zero attached hydrogens (tertiary/aromatic N) is 1. The van der Waals surface area contributed by atoms with Crippen molar-refractivity contribution in [3.05, 3.63) is 71.3 Å². The number of carbonyl (C=O) groups is 1. The number of carboxylic acids is 1. The van der Waals surface area contributed by atoms with Crippen LogP contribution in [0.5, 0.6) is 0 Å². The van der Waals surface area contributed by atoms with Crippen molar-refractivity contribution in [1.29, 1.82) is 0 Å². The zero-order valence-corrected chi connectivity index (χ0v) is 13.7. The first-order valence-electron chi connectivity index (χ1n) is 7.82. The number of carboxylic acid groups (broad SMARTS) is 1. The molecular weight excluding hydrogens is 288 g/mol. The van der Waals surface area contributed by atoms with Gasteiger partial charge in [-0.3, -0.25) is 0 Å². The van der Waals surface area contributed by atoms with E-state index in [1.54, 1.807) is 12.1 Å². The lowest BCUT2D eigenvalue weighted by atomic mass is 10.1. The zero-order chi connectivity index (χ0) is 16.7. The molecule has 2 aromatic carbocycles. The molecule has 0 saturated heterocycles. The summed E-state index contributed by atoms with van der Waals surface area (Å²) < 4.78 is 0. The quantitative estimate of drug-likeness (QED) is 0.787. The summed E-state index contributed by atoms with van der Waals surface area (Å²) in [7, 11) is 2.12. The van der Waals surface area contributed by atoms with Crippen LogP contribution in [0, 0.1) is 0 Å². The summed E-state index contributed by atoms with van der Waals surface area (Å²) >= 11 is 0. The predicted octanol–water partition coefficient (Wildman–Crippen LogP) is 2.99. The van der Waals surface area contributed by atoms with E-state index in [0.29, 0.717) is 11.6 Å². The third-order valence-electron chi connectivity index (χ3n) is 3.74. The second-order valence-electron chi connectivity index (χ2n) is 5.97. The van der Waals surface area contributed by atoms with Crippen molar-refractivity contribution >= 4 is 5.97 Å². The molecule has 0 unspecified atom stereocenters. The van der Waals surface area contributed by atoms with Crippen molar-refractivity contribution in [2.45, 2.75) is 26.1 Å². The van der Waals surface area contributed by atoms with Gasteiger partial charge in [0.25, 0.3) is 0 Å². The van der Waals surface area contributed by atoms with Crippen LogP contribution in [0.4, 0.5) is 0 Å². The van der Waals surface area contributed by atoms with E-state index in [-0.39, 0.29) is 0 Å². The molecule has 0 aliphatic rings. The van der Waals surface area contributed by atoms with Crippen LogP contribution in [0.3, 0.4) is 0 Å². The predicted molar refractivity (Wildman–Crippen MR) is 92.5 cm³/mol. The van der Waals surface area contributed by atoms with Crippen molar-refractivity contribution in [3.63, 3.8) is 0 Å². The number of hydrogen-bond acceptors (Lipinski definition) is 3. The van der Waals surface area contributed by atoms with Gasteiger partial charge in [0.15, 0.2) is 0 Å². The molecule has 0 spiro atoms. The van der Waals surface area contributed by atoms with Gasteiger partial charge in [0.1, 0.15) is 0 Å². The molecule has 2 rings (SSSR count). The molecule has 0 radical (unpaired) electrons. The summed E-state index contributed by atoms with van der Waals surface area (Å²) in [6, 6.07) is 17.8. The maximum Gasteiger partial charge on any atom is 0.335 e. The number of rotatable bonds is 8. The molecule has 0 amide bonds. The summed E-state index contributed by atoms with van der Waals surface area (Å²) in [6.07, 6.45) is 0. The second-order valence-corrected chi connectivity index (χ2v) is 5.97. The van der Waals surface area contributed by atoms with E-state index in [2.05, 4.69) is 48.5 Å². The van der Waals surface area contributed by atoms with Crippen molar-refractivity contribution in [3.8, 4) is 0 Å². The van der Waals surface area contributed by atoms with E-state index < -0.39 is 5.97 Å². The van der Waals surface area contributed by atoms with Gasteiger partial charge >= 0.3 is 5.97 Å². The Hall–Kier alpha value is -2.17. The molecule has 0 aromatic heterocycles. The average molecular weight is 312 g/mol. The third kappa shape index (κ3) is 5.85. The van der Waals surface area contributed by atoms with Gasteiger partial charge in [0.2, 0.25) is 0 Å². The summed E-state index contributed by atoms with van der Waals surface area (Å²) in [5.74, 6) is -0.889. The molecule has 0 bridgehead atoms. The second kappa shape index (κ2) is 8.46. The largest absolute Gasteiger partial charge is 0.478 e. The van der Waals surface area contributed by atoms with E-state index in [1.807, 2.05) is 18.2 Å². The summed E-state index contributed by atoms with van der Waals surface area (Å²) in [5.41, 5.74) is 2.73. The molecule has 2 N–H and O–H groups in total. The maximum absolute atomic E-state index is 10.8. The highest BCUT2D eigenvalue weighted by atomic mass is 16.4. The monoisotopic (exact) mass is 312 g/mol. The van der Waals surface area contributed by atoms with Gasteiger partial charge in [-0.2, -0.15) is 0 Å². The molecule has 4 heteroatoms. The Bertz CT molecular complexity index is 611. The van der Waals surface area contributed by atoms with Gasteiger partial charge in [-0.05, 0) is 37.2 Å². The van der Waals surface area contributed by atoms with Crippen molar-refractivity contribution in [2.75, 3.05) is 13.6 Å². The molecule has 23 heavy (non-hydrogen) atoms. The zero-order valence-electron chi connectivity index (χ0n) is 13.7. The van der Waals surface area contributed by atoms with Crippen LogP contribution in [0.25, 0.3) is 0 Å². The van der Waals surface area contributed by atoms with Crippen LogP contribution in [-0.4, -0.2) is 35.6 Å². The number of aromatic carboxylic acids is 1. The molecule has 1 atom stereocenters. The van der Waals surface area contributed by atoms with Crippen molar-refractivity contribution in [1.82, 2.24) is 10.2 Å². The lowest BCUT2D eigenvalue weighted by molar-refractivity contribution is 0.0697. The topological polar surface area (TPSA) is 52.6 Å². The summed E-state index contributed by atoms with van der Waals surface area (Å²) in [6.45, 7) is 4.77. The van der Waals surface area contributed by atoms with Gasteiger partial charge in [-0.1, -0.05) is 42.5 Å². The maximum atomic E-state index is 10.8. The summed E-state index contributed by atoms with van der Waals surface area (Å²) in [4.78, 5) is 13.1. The Morgan fingerprint density at radius 2 is 1.74 bits per heavy atom. The first kappa shape index (κ1) is 17.2. The Kier molecular flexibility index (Phi) is 6.32. The fourth-order valence-electron chi connectivity index (χ4n) is 2.55. The minimum Gasteiger partial charge on any atom is -0.478 e. The van der Waals surface area contributed by atoms with Crippen molar-refractivity contribution in [2.24, 2.45) is 0 Å². The Balaban J connectivity index is 1.76. The van der Waals surface area contributed by atoms with E-state index in [4.69, 9.17) is 5.11 Å². The molecule has 0 aliphatic heterocycles. The lowest BCUT2D eigenvalue weighted by Gasteiger charge is -2.22. The Morgan fingerprint density at radius 1 is 1.09 bits per heavy atom. The highest BCUT2D eigenvalue weighted by Crippen LogP contribution is 2.06. The Labute approximate surface area is 137 Å². The van der Waals surface area contributed by atoms with E-state index in [1.165, 1.54) is 5.56 Å². The van der Waals surface area contributed by atoms with E-state index in [0.717, 1.165) is 25.2 Å². The van der Waals surface area contributed by atoms with Crippen LogP contribution in [0.2, 0.25) is 0 Å². The molecule has 0 saturated carbocycles. The SMILES string of the molecule is C[C@H](CN(C)Cc1ccccc1)NCc1ccc(C(=O)O)cc1. The average Bonchev–Trinajstić information content (AvgIpc) is 2.54. The normalized spacial score (nSPS) is 12.3. The van der Waals surface area contributed by atoms with Crippen LogP contribution in [-0.2, 0) is 13.1 Å². The van der Waals surface area contributed by atoms with Crippen LogP contribution in [0.1, 0.15) is 28.4 Å². The molecule has 0 aliphatic carbocycles. The smallest absolute Gasteiger partial charge is 0.335 e. The van der Waals surface area contributed by atoms with E-state index in [9.17, 15) is 4.79 Å². The van der Waals surface area contributed by atoms with Gasteiger partial charge in [0, 0.05) is 25.7 Å². The highest BCUT2D eigenvalue weighted by molar-refractivity contribution is 5.87. The molecule has 2 aromatic rings. The lowest BCUT2D eigenvalue weighted by Crippen LogP contribution is -2.36.